The first-order chi connectivity index (χ1) is 5.43. The van der Waals surface area contributed by atoms with Gasteiger partial charge >= 0.3 is 18.9 Å². The normalized spacial score (nSPS) is 9.08. The van der Waals surface area contributed by atoms with Gasteiger partial charge in [0.05, 0.1) is 0 Å². The first kappa shape index (κ1) is 11.8. The maximum atomic E-state index is 4.36. The van der Waals surface area contributed by atoms with Crippen LogP contribution in [-0.4, -0.2) is 6.54 Å². The average molecular weight is 155 g/mol. The van der Waals surface area contributed by atoms with Gasteiger partial charge in [0, 0.05) is 0 Å². The van der Waals surface area contributed by atoms with E-state index in [1.807, 2.05) is 6.07 Å². The van der Waals surface area contributed by atoms with Gasteiger partial charge in [0.1, 0.15) is 0 Å². The monoisotopic (exact) mass is 155 g/mol. The molecule has 1 rings (SSSR count). The van der Waals surface area contributed by atoms with Gasteiger partial charge in [0.25, 0.3) is 0 Å². The minimum absolute atomic E-state index is 0. The van der Waals surface area contributed by atoms with E-state index in [-0.39, 0.29) is 18.9 Å². The van der Waals surface area contributed by atoms with Crippen LogP contribution in [0, 0.1) is 0 Å². The predicted molar refractivity (Wildman–Crippen MR) is 48.7 cm³/mol. The molecule has 1 nitrogen and oxygen atoms in total. The number of rotatable bonds is 4. The number of benzene rings is 1. The first-order valence-corrected chi connectivity index (χ1v) is 4.10. The van der Waals surface area contributed by atoms with Gasteiger partial charge < -0.3 is 5.32 Å². The van der Waals surface area contributed by atoms with Crippen LogP contribution in [0.25, 0.3) is 5.32 Å². The summed E-state index contributed by atoms with van der Waals surface area (Å²) in [6.45, 7) is 4.00. The van der Waals surface area contributed by atoms with Crippen molar-refractivity contribution in [2.75, 3.05) is 6.54 Å². The molecule has 0 amide bonds. The molecule has 0 spiro atoms. The molecule has 1 aromatic carbocycles. The van der Waals surface area contributed by atoms with Gasteiger partial charge in [-0.3, -0.25) is 0 Å². The van der Waals surface area contributed by atoms with Crippen molar-refractivity contribution in [2.24, 2.45) is 0 Å². The summed E-state index contributed by atoms with van der Waals surface area (Å²) >= 11 is 0. The Bertz CT molecular complexity index is 186. The molecule has 0 radical (unpaired) electrons. The van der Waals surface area contributed by atoms with Crippen LogP contribution in [0.3, 0.4) is 0 Å². The summed E-state index contributed by atoms with van der Waals surface area (Å²) in [6, 6.07) is 10.4. The average Bonchev–Trinajstić information content (AvgIpc) is 2.07. The summed E-state index contributed by atoms with van der Waals surface area (Å²) in [5, 5.41) is 4.36. The van der Waals surface area contributed by atoms with Crippen LogP contribution < -0.4 is 18.9 Å². The van der Waals surface area contributed by atoms with E-state index in [1.165, 1.54) is 5.56 Å². The van der Waals surface area contributed by atoms with E-state index < -0.39 is 0 Å². The third kappa shape index (κ3) is 4.61. The molecular formula is C10H14LiN. The zero-order valence-corrected chi connectivity index (χ0v) is 7.96. The van der Waals surface area contributed by atoms with Crippen molar-refractivity contribution in [1.29, 1.82) is 0 Å². The van der Waals surface area contributed by atoms with Crippen molar-refractivity contribution >= 4 is 0 Å². The fourth-order valence-corrected chi connectivity index (χ4v) is 0.950. The maximum absolute atomic E-state index is 4.36. The molecule has 0 aliphatic rings. The summed E-state index contributed by atoms with van der Waals surface area (Å²) in [4.78, 5) is 0. The summed E-state index contributed by atoms with van der Waals surface area (Å²) in [5.74, 6) is 0. The third-order valence-corrected chi connectivity index (χ3v) is 1.52. The molecule has 0 fully saturated rings. The Morgan fingerprint density at radius 1 is 1.17 bits per heavy atom. The van der Waals surface area contributed by atoms with E-state index in [9.17, 15) is 0 Å². The fourth-order valence-electron chi connectivity index (χ4n) is 0.950. The molecule has 0 aliphatic carbocycles. The van der Waals surface area contributed by atoms with Crippen molar-refractivity contribution in [2.45, 2.75) is 19.9 Å². The van der Waals surface area contributed by atoms with Crippen LogP contribution >= 0.6 is 0 Å². The van der Waals surface area contributed by atoms with Crippen LogP contribution in [0.5, 0.6) is 0 Å². The summed E-state index contributed by atoms with van der Waals surface area (Å²) in [7, 11) is 0. The largest absolute Gasteiger partial charge is 1.00 e. The van der Waals surface area contributed by atoms with Crippen molar-refractivity contribution in [1.82, 2.24) is 0 Å². The van der Waals surface area contributed by atoms with E-state index >= 15 is 0 Å². The predicted octanol–water partition coefficient (Wildman–Crippen LogP) is -0.0257. The molecule has 0 heterocycles. The van der Waals surface area contributed by atoms with Gasteiger partial charge in [0.2, 0.25) is 0 Å². The second-order valence-corrected chi connectivity index (χ2v) is 2.59. The van der Waals surface area contributed by atoms with Gasteiger partial charge in [0.15, 0.2) is 0 Å². The Morgan fingerprint density at radius 2 is 1.83 bits per heavy atom. The SMILES string of the molecule is CCC[N-]Cc1ccccc1.[Li+]. The fraction of sp³-hybridized carbons (Fsp3) is 0.400. The second kappa shape index (κ2) is 7.43. The minimum atomic E-state index is 0. The molecule has 0 aliphatic heterocycles. The second-order valence-electron chi connectivity index (χ2n) is 2.59. The Labute approximate surface area is 86.7 Å². The van der Waals surface area contributed by atoms with Crippen molar-refractivity contribution < 1.29 is 18.9 Å². The van der Waals surface area contributed by atoms with Gasteiger partial charge in [-0.25, -0.2) is 0 Å². The molecule has 0 N–H and O–H groups in total. The van der Waals surface area contributed by atoms with Crippen molar-refractivity contribution in [3.05, 3.63) is 41.2 Å². The maximum Gasteiger partial charge on any atom is 1.00 e. The summed E-state index contributed by atoms with van der Waals surface area (Å²) < 4.78 is 0. The van der Waals surface area contributed by atoms with E-state index in [2.05, 4.69) is 36.5 Å². The van der Waals surface area contributed by atoms with Crippen molar-refractivity contribution in [3.63, 3.8) is 0 Å². The van der Waals surface area contributed by atoms with Crippen molar-refractivity contribution in [3.8, 4) is 0 Å². The molecule has 0 atom stereocenters. The zero-order chi connectivity index (χ0) is 7.94. The standard InChI is InChI=1S/C10H14N.Li/c1-2-8-11-9-10-6-4-3-5-7-10;/h3-7H,2,8-9H2,1H3;/q-1;+1. The number of nitrogens with zero attached hydrogens (tertiary/aromatic N) is 1. The van der Waals surface area contributed by atoms with E-state index in [1.54, 1.807) is 0 Å². The quantitative estimate of drug-likeness (QED) is 0.428. The van der Waals surface area contributed by atoms with Gasteiger partial charge in [-0.1, -0.05) is 49.2 Å². The Balaban J connectivity index is 0.00000121. The van der Waals surface area contributed by atoms with Gasteiger partial charge in [-0.05, 0) is 0 Å². The molecule has 60 valence electrons. The van der Waals surface area contributed by atoms with Gasteiger partial charge in [-0.15, -0.1) is 13.1 Å². The van der Waals surface area contributed by atoms with Crippen LogP contribution in [0.1, 0.15) is 18.9 Å². The minimum Gasteiger partial charge on any atom is -0.658 e. The Kier molecular flexibility index (Phi) is 7.29. The van der Waals surface area contributed by atoms with E-state index in [0.717, 1.165) is 19.5 Å². The van der Waals surface area contributed by atoms with Crippen LogP contribution in [0.4, 0.5) is 0 Å². The molecule has 2 heteroatoms. The van der Waals surface area contributed by atoms with E-state index in [4.69, 9.17) is 0 Å². The zero-order valence-electron chi connectivity index (χ0n) is 7.96. The molecule has 0 bridgehead atoms. The topological polar surface area (TPSA) is 14.1 Å². The van der Waals surface area contributed by atoms with Crippen LogP contribution in [0.2, 0.25) is 0 Å². The summed E-state index contributed by atoms with van der Waals surface area (Å²) in [5.41, 5.74) is 1.31. The molecule has 1 aromatic rings. The number of hydrogen-bond acceptors (Lipinski definition) is 0. The van der Waals surface area contributed by atoms with Gasteiger partial charge in [-0.2, -0.15) is 0 Å². The smallest absolute Gasteiger partial charge is 0.658 e. The molecule has 0 saturated carbocycles. The van der Waals surface area contributed by atoms with E-state index in [0.29, 0.717) is 0 Å². The molecule has 0 aromatic heterocycles. The van der Waals surface area contributed by atoms with Crippen LogP contribution in [-0.2, 0) is 6.54 Å². The summed E-state index contributed by atoms with van der Waals surface area (Å²) in [6.07, 6.45) is 1.15. The molecule has 0 saturated heterocycles. The third-order valence-electron chi connectivity index (χ3n) is 1.52. The number of hydrogen-bond donors (Lipinski definition) is 0. The first-order valence-electron chi connectivity index (χ1n) is 4.10. The Hall–Kier alpha value is -0.223. The Morgan fingerprint density at radius 3 is 2.42 bits per heavy atom. The van der Waals surface area contributed by atoms with Crippen LogP contribution in [0.15, 0.2) is 30.3 Å². The molecular weight excluding hydrogens is 141 g/mol. The molecule has 0 unspecified atom stereocenters. The molecule has 12 heavy (non-hydrogen) atoms.